The normalized spacial score (nSPS) is 12.7. The van der Waals surface area contributed by atoms with E-state index in [-0.39, 0.29) is 6.42 Å². The zero-order chi connectivity index (χ0) is 18.0. The first kappa shape index (κ1) is 16.7. The van der Waals surface area contributed by atoms with Crippen LogP contribution < -0.4 is 10.6 Å². The minimum absolute atomic E-state index is 0.328. The molecular formula is C19H18N2O4. The lowest BCUT2D eigenvalue weighted by Gasteiger charge is -2.14. The van der Waals surface area contributed by atoms with Gasteiger partial charge in [-0.15, -0.1) is 0 Å². The highest BCUT2D eigenvalue weighted by Gasteiger charge is 2.24. The molecule has 0 fully saturated rings. The van der Waals surface area contributed by atoms with Crippen LogP contribution in [-0.2, 0) is 20.8 Å². The van der Waals surface area contributed by atoms with Gasteiger partial charge in [-0.2, -0.15) is 0 Å². The summed E-state index contributed by atoms with van der Waals surface area (Å²) < 4.78 is 0. The fourth-order valence-electron chi connectivity index (χ4n) is 3.11. The summed E-state index contributed by atoms with van der Waals surface area (Å²) in [6.07, 6.45) is 0.390. The van der Waals surface area contributed by atoms with E-state index < -0.39 is 23.8 Å². The molecule has 0 spiro atoms. The maximum Gasteiger partial charge on any atom is 0.326 e. The van der Waals surface area contributed by atoms with Crippen LogP contribution in [0.5, 0.6) is 0 Å². The Labute approximate surface area is 144 Å². The number of benzene rings is 2. The van der Waals surface area contributed by atoms with E-state index in [1.54, 1.807) is 6.07 Å². The summed E-state index contributed by atoms with van der Waals surface area (Å²) in [5, 5.41) is 14.2. The fourth-order valence-corrected chi connectivity index (χ4v) is 3.11. The van der Waals surface area contributed by atoms with Crippen LogP contribution in [0.2, 0.25) is 0 Å². The van der Waals surface area contributed by atoms with E-state index in [1.165, 1.54) is 12.5 Å². The third-order valence-electron chi connectivity index (χ3n) is 4.19. The Morgan fingerprint density at radius 2 is 1.80 bits per heavy atom. The number of carbonyl (C=O) groups excluding carboxylic acids is 2. The zero-order valence-corrected chi connectivity index (χ0v) is 13.7. The van der Waals surface area contributed by atoms with E-state index in [2.05, 4.69) is 16.7 Å². The molecule has 25 heavy (non-hydrogen) atoms. The SMILES string of the molecule is CC(=O)NC(CC(=O)Nc1cccc2c1Cc1ccccc1-2)C(=O)O. The molecule has 0 aromatic heterocycles. The number of carboxylic acid groups (broad SMARTS) is 1. The first-order valence-electron chi connectivity index (χ1n) is 7.95. The van der Waals surface area contributed by atoms with Crippen molar-refractivity contribution in [3.05, 3.63) is 53.6 Å². The van der Waals surface area contributed by atoms with Gasteiger partial charge in [0.2, 0.25) is 11.8 Å². The maximum atomic E-state index is 12.3. The van der Waals surface area contributed by atoms with Gasteiger partial charge in [0.25, 0.3) is 0 Å². The molecule has 0 bridgehead atoms. The number of fused-ring (bicyclic) bond motifs is 3. The van der Waals surface area contributed by atoms with Gasteiger partial charge in [0.15, 0.2) is 0 Å². The highest BCUT2D eigenvalue weighted by Crippen LogP contribution is 2.39. The van der Waals surface area contributed by atoms with Crippen molar-refractivity contribution >= 4 is 23.5 Å². The average molecular weight is 338 g/mol. The minimum Gasteiger partial charge on any atom is -0.480 e. The topological polar surface area (TPSA) is 95.5 Å². The van der Waals surface area contributed by atoms with Gasteiger partial charge in [0, 0.05) is 19.0 Å². The van der Waals surface area contributed by atoms with Gasteiger partial charge in [-0.05, 0) is 28.3 Å². The first-order chi connectivity index (χ1) is 12.0. The number of amides is 2. The molecule has 0 aliphatic heterocycles. The Bertz CT molecular complexity index is 860. The molecule has 128 valence electrons. The van der Waals surface area contributed by atoms with Crippen molar-refractivity contribution in [3.8, 4) is 11.1 Å². The van der Waals surface area contributed by atoms with Crippen LogP contribution in [0.15, 0.2) is 42.5 Å². The largest absolute Gasteiger partial charge is 0.480 e. The Kier molecular flexibility index (Phi) is 4.52. The van der Waals surface area contributed by atoms with E-state index in [0.29, 0.717) is 5.69 Å². The molecule has 0 heterocycles. The summed E-state index contributed by atoms with van der Waals surface area (Å²) in [6.45, 7) is 1.22. The van der Waals surface area contributed by atoms with Crippen molar-refractivity contribution in [2.75, 3.05) is 5.32 Å². The molecule has 0 saturated heterocycles. The number of carboxylic acids is 1. The van der Waals surface area contributed by atoms with Crippen LogP contribution in [0.4, 0.5) is 5.69 Å². The predicted octanol–water partition coefficient (Wildman–Crippen LogP) is 2.18. The van der Waals surface area contributed by atoms with Gasteiger partial charge in [0.05, 0.1) is 6.42 Å². The molecule has 1 aliphatic carbocycles. The Balaban J connectivity index is 1.77. The number of carbonyl (C=O) groups is 3. The summed E-state index contributed by atoms with van der Waals surface area (Å²) in [7, 11) is 0. The molecule has 6 nitrogen and oxygen atoms in total. The lowest BCUT2D eigenvalue weighted by molar-refractivity contribution is -0.142. The Morgan fingerprint density at radius 1 is 1.08 bits per heavy atom. The molecule has 3 rings (SSSR count). The predicted molar refractivity (Wildman–Crippen MR) is 93.2 cm³/mol. The molecule has 3 N–H and O–H groups in total. The summed E-state index contributed by atoms with van der Waals surface area (Å²) in [6, 6.07) is 12.5. The van der Waals surface area contributed by atoms with Gasteiger partial charge < -0.3 is 15.7 Å². The fraction of sp³-hybridized carbons (Fsp3) is 0.211. The molecule has 2 aromatic rings. The Morgan fingerprint density at radius 3 is 2.52 bits per heavy atom. The number of rotatable bonds is 5. The third-order valence-corrected chi connectivity index (χ3v) is 4.19. The van der Waals surface area contributed by atoms with E-state index in [0.717, 1.165) is 23.1 Å². The molecule has 0 radical (unpaired) electrons. The van der Waals surface area contributed by atoms with Crippen molar-refractivity contribution in [1.82, 2.24) is 5.32 Å². The number of hydrogen-bond acceptors (Lipinski definition) is 3. The van der Waals surface area contributed by atoms with E-state index in [1.807, 2.05) is 30.3 Å². The molecule has 6 heteroatoms. The van der Waals surface area contributed by atoms with Crippen molar-refractivity contribution in [1.29, 1.82) is 0 Å². The molecule has 1 atom stereocenters. The number of aliphatic carboxylic acids is 1. The number of anilines is 1. The molecule has 0 saturated carbocycles. The smallest absolute Gasteiger partial charge is 0.326 e. The first-order valence-corrected chi connectivity index (χ1v) is 7.95. The second-order valence-electron chi connectivity index (χ2n) is 6.01. The van der Waals surface area contributed by atoms with E-state index in [9.17, 15) is 14.4 Å². The number of nitrogens with one attached hydrogen (secondary N) is 2. The second-order valence-corrected chi connectivity index (χ2v) is 6.01. The van der Waals surface area contributed by atoms with Crippen LogP contribution in [0, 0.1) is 0 Å². The highest BCUT2D eigenvalue weighted by atomic mass is 16.4. The summed E-state index contributed by atoms with van der Waals surface area (Å²) in [4.78, 5) is 34.5. The summed E-state index contributed by atoms with van der Waals surface area (Å²) in [5.74, 6) is -2.18. The quantitative estimate of drug-likeness (QED) is 0.664. The summed E-state index contributed by atoms with van der Waals surface area (Å²) >= 11 is 0. The second kappa shape index (κ2) is 6.76. The highest BCUT2D eigenvalue weighted by molar-refractivity contribution is 5.97. The molecule has 2 aromatic carbocycles. The van der Waals surface area contributed by atoms with Crippen molar-refractivity contribution in [2.24, 2.45) is 0 Å². The van der Waals surface area contributed by atoms with Gasteiger partial charge in [-0.3, -0.25) is 9.59 Å². The maximum absolute atomic E-state index is 12.3. The van der Waals surface area contributed by atoms with Gasteiger partial charge in [-0.25, -0.2) is 4.79 Å². The molecule has 1 unspecified atom stereocenters. The molecule has 2 amide bonds. The Hall–Kier alpha value is -3.15. The van der Waals surface area contributed by atoms with Crippen molar-refractivity contribution in [3.63, 3.8) is 0 Å². The van der Waals surface area contributed by atoms with Crippen LogP contribution in [0.25, 0.3) is 11.1 Å². The van der Waals surface area contributed by atoms with Crippen LogP contribution in [0.3, 0.4) is 0 Å². The van der Waals surface area contributed by atoms with Crippen molar-refractivity contribution in [2.45, 2.75) is 25.8 Å². The lowest BCUT2D eigenvalue weighted by Crippen LogP contribution is -2.42. The van der Waals surface area contributed by atoms with Gasteiger partial charge in [-0.1, -0.05) is 36.4 Å². The zero-order valence-electron chi connectivity index (χ0n) is 13.7. The monoisotopic (exact) mass is 338 g/mol. The molecular weight excluding hydrogens is 320 g/mol. The van der Waals surface area contributed by atoms with Crippen LogP contribution in [-0.4, -0.2) is 28.9 Å². The van der Waals surface area contributed by atoms with Crippen LogP contribution in [0.1, 0.15) is 24.5 Å². The third kappa shape index (κ3) is 3.52. The molecule has 1 aliphatic rings. The summed E-state index contributed by atoms with van der Waals surface area (Å²) in [5.41, 5.74) is 5.11. The standard InChI is InChI=1S/C19H18N2O4/c1-11(22)20-17(19(24)25)10-18(23)21-16-8-4-7-14-13-6-3-2-5-12(13)9-15(14)16/h2-8,17H,9-10H2,1H3,(H,20,22)(H,21,23)(H,24,25). The van der Waals surface area contributed by atoms with E-state index >= 15 is 0 Å². The minimum atomic E-state index is -1.24. The number of hydrogen-bond donors (Lipinski definition) is 3. The van der Waals surface area contributed by atoms with Crippen LogP contribution >= 0.6 is 0 Å². The van der Waals surface area contributed by atoms with E-state index in [4.69, 9.17) is 5.11 Å². The average Bonchev–Trinajstić information content (AvgIpc) is 2.93. The van der Waals surface area contributed by atoms with Crippen molar-refractivity contribution < 1.29 is 19.5 Å². The van der Waals surface area contributed by atoms with Gasteiger partial charge in [0.1, 0.15) is 6.04 Å². The van der Waals surface area contributed by atoms with Gasteiger partial charge >= 0.3 is 5.97 Å². The lowest BCUT2D eigenvalue weighted by atomic mass is 10.0.